The van der Waals surface area contributed by atoms with Crippen LogP contribution in [0, 0.1) is 6.92 Å². The monoisotopic (exact) mass is 194 g/mol. The maximum atomic E-state index is 9.70. The number of phenols is 1. The highest BCUT2D eigenvalue weighted by molar-refractivity contribution is 7.80. The van der Waals surface area contributed by atoms with Gasteiger partial charge in [-0.25, -0.2) is 0 Å². The fraction of sp³-hybridized carbons (Fsp3) is 0.455. The number of hydrogen-bond acceptors (Lipinski definition) is 2. The lowest BCUT2D eigenvalue weighted by atomic mass is 9.98. The lowest BCUT2D eigenvalue weighted by Crippen LogP contribution is -1.91. The van der Waals surface area contributed by atoms with E-state index in [1.54, 1.807) is 6.07 Å². The zero-order valence-electron chi connectivity index (χ0n) is 7.91. The van der Waals surface area contributed by atoms with Crippen molar-refractivity contribution in [2.24, 2.45) is 0 Å². The number of hydrogen-bond donors (Lipinski definition) is 2. The third-order valence-electron chi connectivity index (χ3n) is 2.89. The number of benzene rings is 1. The molecule has 0 amide bonds. The van der Waals surface area contributed by atoms with E-state index in [2.05, 4.69) is 26.5 Å². The molecule has 1 aliphatic carbocycles. The first-order valence-corrected chi connectivity index (χ1v) is 5.13. The second-order valence-corrected chi connectivity index (χ2v) is 4.50. The molecule has 0 radical (unpaired) electrons. The summed E-state index contributed by atoms with van der Waals surface area (Å²) < 4.78 is 0. The van der Waals surface area contributed by atoms with Crippen LogP contribution < -0.4 is 0 Å². The van der Waals surface area contributed by atoms with E-state index in [1.807, 2.05) is 6.07 Å². The molecule has 0 bridgehead atoms. The molecule has 0 spiro atoms. The van der Waals surface area contributed by atoms with Crippen LogP contribution in [0.4, 0.5) is 0 Å². The van der Waals surface area contributed by atoms with Gasteiger partial charge in [-0.05, 0) is 36.5 Å². The Kier molecular flexibility index (Phi) is 2.03. The summed E-state index contributed by atoms with van der Waals surface area (Å²) in [4.78, 5) is 0. The van der Waals surface area contributed by atoms with Gasteiger partial charge in [-0.1, -0.05) is 13.0 Å². The van der Waals surface area contributed by atoms with Crippen LogP contribution in [0.1, 0.15) is 41.2 Å². The Hall–Kier alpha value is -0.630. The molecule has 2 atom stereocenters. The topological polar surface area (TPSA) is 20.2 Å². The van der Waals surface area contributed by atoms with Gasteiger partial charge in [0.1, 0.15) is 5.75 Å². The SMILES string of the molecule is Cc1ccc(O)c2c1C(C)CC2S. The van der Waals surface area contributed by atoms with Gasteiger partial charge in [0.05, 0.1) is 0 Å². The van der Waals surface area contributed by atoms with Gasteiger partial charge in [0.2, 0.25) is 0 Å². The summed E-state index contributed by atoms with van der Waals surface area (Å²) in [5.74, 6) is 0.939. The molecular formula is C11H14OS. The Bertz CT molecular complexity index is 313. The molecular weight excluding hydrogens is 180 g/mol. The minimum atomic E-state index is 0.213. The predicted octanol–water partition coefficient (Wildman–Crippen LogP) is 3.18. The van der Waals surface area contributed by atoms with Gasteiger partial charge >= 0.3 is 0 Å². The number of aryl methyl sites for hydroxylation is 1. The standard InChI is InChI=1S/C11H14OS/c1-6-3-4-8(12)11-9(13)5-7(2)10(6)11/h3-4,7,9,12-13H,5H2,1-2H3. The van der Waals surface area contributed by atoms with E-state index in [1.165, 1.54) is 11.1 Å². The highest BCUT2D eigenvalue weighted by atomic mass is 32.1. The minimum Gasteiger partial charge on any atom is -0.508 e. The lowest BCUT2D eigenvalue weighted by Gasteiger charge is -2.10. The fourth-order valence-electron chi connectivity index (χ4n) is 2.31. The van der Waals surface area contributed by atoms with Crippen molar-refractivity contribution < 1.29 is 5.11 Å². The van der Waals surface area contributed by atoms with Crippen LogP contribution in [-0.2, 0) is 0 Å². The maximum absolute atomic E-state index is 9.70. The highest BCUT2D eigenvalue weighted by Gasteiger charge is 2.29. The van der Waals surface area contributed by atoms with E-state index in [0.29, 0.717) is 11.7 Å². The van der Waals surface area contributed by atoms with E-state index in [4.69, 9.17) is 0 Å². The smallest absolute Gasteiger partial charge is 0.120 e. The molecule has 1 aliphatic rings. The molecule has 0 saturated carbocycles. The minimum absolute atomic E-state index is 0.213. The van der Waals surface area contributed by atoms with Crippen LogP contribution in [0.15, 0.2) is 12.1 Å². The molecule has 1 N–H and O–H groups in total. The van der Waals surface area contributed by atoms with Crippen molar-refractivity contribution in [3.8, 4) is 5.75 Å². The van der Waals surface area contributed by atoms with Crippen LogP contribution in [-0.4, -0.2) is 5.11 Å². The molecule has 2 rings (SSSR count). The predicted molar refractivity (Wildman–Crippen MR) is 57.6 cm³/mol. The van der Waals surface area contributed by atoms with E-state index in [0.717, 1.165) is 12.0 Å². The van der Waals surface area contributed by atoms with E-state index in [-0.39, 0.29) is 5.25 Å². The van der Waals surface area contributed by atoms with Crippen molar-refractivity contribution in [3.05, 3.63) is 28.8 Å². The Morgan fingerprint density at radius 2 is 2.08 bits per heavy atom. The van der Waals surface area contributed by atoms with Gasteiger partial charge in [-0.2, -0.15) is 12.6 Å². The largest absolute Gasteiger partial charge is 0.508 e. The van der Waals surface area contributed by atoms with E-state index >= 15 is 0 Å². The van der Waals surface area contributed by atoms with Crippen molar-refractivity contribution >= 4 is 12.6 Å². The second kappa shape index (κ2) is 2.95. The van der Waals surface area contributed by atoms with Gasteiger partial charge in [0.15, 0.2) is 0 Å². The van der Waals surface area contributed by atoms with Crippen LogP contribution in [0.5, 0.6) is 5.75 Å². The molecule has 1 aromatic carbocycles. The van der Waals surface area contributed by atoms with Gasteiger partial charge in [0.25, 0.3) is 0 Å². The number of thiol groups is 1. The van der Waals surface area contributed by atoms with E-state index < -0.39 is 0 Å². The zero-order chi connectivity index (χ0) is 9.59. The van der Waals surface area contributed by atoms with Gasteiger partial charge in [0, 0.05) is 10.8 Å². The molecule has 0 heterocycles. The number of phenolic OH excluding ortho intramolecular Hbond substituents is 1. The summed E-state index contributed by atoms with van der Waals surface area (Å²) in [7, 11) is 0. The van der Waals surface area contributed by atoms with Crippen LogP contribution in [0.3, 0.4) is 0 Å². The molecule has 0 aromatic heterocycles. The van der Waals surface area contributed by atoms with Crippen molar-refractivity contribution in [2.45, 2.75) is 31.4 Å². The van der Waals surface area contributed by atoms with Crippen LogP contribution in [0.2, 0.25) is 0 Å². The van der Waals surface area contributed by atoms with Crippen molar-refractivity contribution in [2.75, 3.05) is 0 Å². The van der Waals surface area contributed by atoms with Crippen molar-refractivity contribution in [1.29, 1.82) is 0 Å². The quantitative estimate of drug-likeness (QED) is 0.608. The van der Waals surface area contributed by atoms with Gasteiger partial charge < -0.3 is 5.11 Å². The number of rotatable bonds is 0. The summed E-state index contributed by atoms with van der Waals surface area (Å²) >= 11 is 4.49. The average Bonchev–Trinajstić information content (AvgIpc) is 2.36. The number of aromatic hydroxyl groups is 1. The maximum Gasteiger partial charge on any atom is 0.120 e. The van der Waals surface area contributed by atoms with Gasteiger partial charge in [-0.15, -0.1) is 0 Å². The molecule has 1 aromatic rings. The zero-order valence-corrected chi connectivity index (χ0v) is 8.81. The lowest BCUT2D eigenvalue weighted by molar-refractivity contribution is 0.468. The van der Waals surface area contributed by atoms with Crippen LogP contribution in [0.25, 0.3) is 0 Å². The molecule has 0 aliphatic heterocycles. The molecule has 1 nitrogen and oxygen atoms in total. The third kappa shape index (κ3) is 1.24. The molecule has 2 unspecified atom stereocenters. The van der Waals surface area contributed by atoms with Crippen molar-refractivity contribution in [1.82, 2.24) is 0 Å². The summed E-state index contributed by atoms with van der Waals surface area (Å²) in [5, 5.41) is 9.91. The first kappa shape index (κ1) is 8.95. The summed E-state index contributed by atoms with van der Waals surface area (Å²) in [6.45, 7) is 4.29. The van der Waals surface area contributed by atoms with Crippen molar-refractivity contribution in [3.63, 3.8) is 0 Å². The molecule has 0 fully saturated rings. The summed E-state index contributed by atoms with van der Waals surface area (Å²) in [5.41, 5.74) is 3.63. The average molecular weight is 194 g/mol. The molecule has 2 heteroatoms. The summed E-state index contributed by atoms with van der Waals surface area (Å²) in [6.07, 6.45) is 1.04. The highest BCUT2D eigenvalue weighted by Crippen LogP contribution is 2.48. The second-order valence-electron chi connectivity index (χ2n) is 3.88. The van der Waals surface area contributed by atoms with E-state index in [9.17, 15) is 5.11 Å². The first-order valence-electron chi connectivity index (χ1n) is 4.61. The molecule has 0 saturated heterocycles. The first-order chi connectivity index (χ1) is 6.11. The van der Waals surface area contributed by atoms with Gasteiger partial charge in [-0.3, -0.25) is 0 Å². The fourth-order valence-corrected chi connectivity index (χ4v) is 2.90. The Morgan fingerprint density at radius 1 is 1.38 bits per heavy atom. The summed E-state index contributed by atoms with van der Waals surface area (Å²) in [6, 6.07) is 3.76. The number of fused-ring (bicyclic) bond motifs is 1. The molecule has 13 heavy (non-hydrogen) atoms. The normalized spacial score (nSPS) is 26.1. The van der Waals surface area contributed by atoms with Crippen LogP contribution >= 0.6 is 12.6 Å². The third-order valence-corrected chi connectivity index (χ3v) is 3.35. The Balaban J connectivity index is 2.67. The Morgan fingerprint density at radius 3 is 2.69 bits per heavy atom. The molecule has 70 valence electrons. The Labute approximate surface area is 84.2 Å².